The molecule has 1 aromatic carbocycles. The van der Waals surface area contributed by atoms with Crippen LogP contribution in [0.4, 0.5) is 4.79 Å². The summed E-state index contributed by atoms with van der Waals surface area (Å²) in [5.41, 5.74) is -0.507. The predicted octanol–water partition coefficient (Wildman–Crippen LogP) is 3.27. The number of benzene rings is 1. The standard InChI is InChI=1S/C17H21ClN2O3/c1-11(2)8-9-17(3)15(22)20(16(23)19-17)10-14(21)12-4-6-13(18)7-5-12/h4-7,11H,8-10H2,1-3H3,(H,19,23)/t17-/m1/s1. The third-order valence-corrected chi connectivity index (χ3v) is 4.29. The normalized spacial score (nSPS) is 21.0. The maximum atomic E-state index is 12.5. The summed E-state index contributed by atoms with van der Waals surface area (Å²) in [7, 11) is 0. The first kappa shape index (κ1) is 17.5. The van der Waals surface area contributed by atoms with Crippen LogP contribution in [0.25, 0.3) is 0 Å². The highest BCUT2D eigenvalue weighted by atomic mass is 35.5. The largest absolute Gasteiger partial charge is 0.325 e. The number of urea groups is 1. The van der Waals surface area contributed by atoms with Crippen molar-refractivity contribution in [2.75, 3.05) is 6.54 Å². The Hall–Kier alpha value is -1.88. The summed E-state index contributed by atoms with van der Waals surface area (Å²) in [6.07, 6.45) is 1.38. The number of nitrogens with zero attached hydrogens (tertiary/aromatic N) is 1. The van der Waals surface area contributed by atoms with E-state index >= 15 is 0 Å². The number of halogens is 1. The lowest BCUT2D eigenvalue weighted by Gasteiger charge is -2.22. The van der Waals surface area contributed by atoms with Crippen molar-refractivity contribution in [2.24, 2.45) is 5.92 Å². The summed E-state index contributed by atoms with van der Waals surface area (Å²) >= 11 is 5.79. The molecule has 0 spiro atoms. The van der Waals surface area contributed by atoms with E-state index in [2.05, 4.69) is 19.2 Å². The van der Waals surface area contributed by atoms with Crippen molar-refractivity contribution in [2.45, 2.75) is 39.2 Å². The second-order valence-electron chi connectivity index (χ2n) is 6.52. The first-order valence-corrected chi connectivity index (χ1v) is 8.03. The molecule has 0 unspecified atom stereocenters. The van der Waals surface area contributed by atoms with Crippen molar-refractivity contribution in [3.8, 4) is 0 Å². The molecule has 1 atom stereocenters. The maximum absolute atomic E-state index is 12.5. The van der Waals surface area contributed by atoms with Crippen molar-refractivity contribution in [3.63, 3.8) is 0 Å². The molecule has 124 valence electrons. The van der Waals surface area contributed by atoms with Crippen molar-refractivity contribution in [1.29, 1.82) is 0 Å². The lowest BCUT2D eigenvalue weighted by molar-refractivity contribution is -0.130. The Morgan fingerprint density at radius 2 is 1.87 bits per heavy atom. The van der Waals surface area contributed by atoms with E-state index in [1.807, 2.05) is 0 Å². The van der Waals surface area contributed by atoms with Crippen LogP contribution in [0.5, 0.6) is 0 Å². The Labute approximate surface area is 141 Å². The molecule has 1 fully saturated rings. The Bertz CT molecular complexity index is 627. The van der Waals surface area contributed by atoms with Crippen molar-refractivity contribution in [1.82, 2.24) is 10.2 Å². The van der Waals surface area contributed by atoms with Gasteiger partial charge in [0.1, 0.15) is 5.54 Å². The van der Waals surface area contributed by atoms with Gasteiger partial charge in [0.15, 0.2) is 5.78 Å². The minimum atomic E-state index is -0.929. The highest BCUT2D eigenvalue weighted by molar-refractivity contribution is 6.30. The molecule has 1 N–H and O–H groups in total. The lowest BCUT2D eigenvalue weighted by atomic mass is 9.92. The molecule has 0 aliphatic carbocycles. The van der Waals surface area contributed by atoms with Crippen LogP contribution in [0.1, 0.15) is 44.0 Å². The van der Waals surface area contributed by atoms with E-state index in [0.29, 0.717) is 22.9 Å². The van der Waals surface area contributed by atoms with Crippen LogP contribution in [0.15, 0.2) is 24.3 Å². The van der Waals surface area contributed by atoms with Gasteiger partial charge in [0.25, 0.3) is 5.91 Å². The number of rotatable bonds is 6. The average Bonchev–Trinajstić information content (AvgIpc) is 2.70. The molecular weight excluding hydrogens is 316 g/mol. The van der Waals surface area contributed by atoms with Gasteiger partial charge in [0.2, 0.25) is 0 Å². The van der Waals surface area contributed by atoms with E-state index < -0.39 is 11.6 Å². The van der Waals surface area contributed by atoms with Gasteiger partial charge in [-0.3, -0.25) is 14.5 Å². The summed E-state index contributed by atoms with van der Waals surface area (Å²) in [5.74, 6) is -0.204. The Kier molecular flexibility index (Phi) is 5.09. The zero-order chi connectivity index (χ0) is 17.2. The smallest absolute Gasteiger partial charge is 0.323 e. The number of Topliss-reactive ketones (excluding diaryl/α,β-unsaturated/α-hetero) is 1. The van der Waals surface area contributed by atoms with E-state index in [4.69, 9.17) is 11.6 Å². The highest BCUT2D eigenvalue weighted by Crippen LogP contribution is 2.25. The molecule has 1 aliphatic rings. The molecule has 0 saturated carbocycles. The van der Waals surface area contributed by atoms with E-state index in [-0.39, 0.29) is 18.2 Å². The summed E-state index contributed by atoms with van der Waals surface area (Å²) in [6, 6.07) is 5.87. The maximum Gasteiger partial charge on any atom is 0.325 e. The lowest BCUT2D eigenvalue weighted by Crippen LogP contribution is -2.44. The minimum absolute atomic E-state index is 0.260. The van der Waals surface area contributed by atoms with E-state index in [0.717, 1.165) is 11.3 Å². The van der Waals surface area contributed by atoms with Gasteiger partial charge in [-0.05, 0) is 49.9 Å². The predicted molar refractivity (Wildman–Crippen MR) is 88.5 cm³/mol. The van der Waals surface area contributed by atoms with Crippen LogP contribution in [0, 0.1) is 5.92 Å². The molecule has 0 aromatic heterocycles. The fraction of sp³-hybridized carbons (Fsp3) is 0.471. The highest BCUT2D eigenvalue weighted by Gasteiger charge is 2.47. The third-order valence-electron chi connectivity index (χ3n) is 4.03. The second kappa shape index (κ2) is 6.71. The van der Waals surface area contributed by atoms with Crippen molar-refractivity contribution in [3.05, 3.63) is 34.9 Å². The Morgan fingerprint density at radius 3 is 2.43 bits per heavy atom. The van der Waals surface area contributed by atoms with E-state index in [1.165, 1.54) is 0 Å². The number of amides is 3. The summed E-state index contributed by atoms with van der Waals surface area (Å²) in [4.78, 5) is 37.9. The summed E-state index contributed by atoms with van der Waals surface area (Å²) < 4.78 is 0. The van der Waals surface area contributed by atoms with Gasteiger partial charge in [-0.1, -0.05) is 25.4 Å². The second-order valence-corrected chi connectivity index (χ2v) is 6.95. The number of carbonyl (C=O) groups is 3. The fourth-order valence-electron chi connectivity index (χ4n) is 2.51. The molecule has 0 radical (unpaired) electrons. The van der Waals surface area contributed by atoms with Gasteiger partial charge in [-0.25, -0.2) is 4.79 Å². The molecule has 5 nitrogen and oxygen atoms in total. The molecular formula is C17H21ClN2O3. The van der Waals surface area contributed by atoms with Crippen LogP contribution >= 0.6 is 11.6 Å². The zero-order valence-corrected chi connectivity index (χ0v) is 14.3. The monoisotopic (exact) mass is 336 g/mol. The first-order valence-electron chi connectivity index (χ1n) is 7.66. The van der Waals surface area contributed by atoms with Gasteiger partial charge in [-0.2, -0.15) is 0 Å². The van der Waals surface area contributed by atoms with E-state index in [9.17, 15) is 14.4 Å². The minimum Gasteiger partial charge on any atom is -0.323 e. The zero-order valence-electron chi connectivity index (χ0n) is 13.6. The summed E-state index contributed by atoms with van der Waals surface area (Å²) in [5, 5.41) is 3.24. The number of nitrogens with one attached hydrogen (secondary N) is 1. The van der Waals surface area contributed by atoms with Crippen LogP contribution in [-0.2, 0) is 4.79 Å². The Balaban J connectivity index is 2.08. The molecule has 6 heteroatoms. The molecule has 1 heterocycles. The van der Waals surface area contributed by atoms with Crippen LogP contribution in [0.3, 0.4) is 0 Å². The van der Waals surface area contributed by atoms with Gasteiger partial charge < -0.3 is 5.32 Å². The number of ketones is 1. The third kappa shape index (κ3) is 3.91. The van der Waals surface area contributed by atoms with Crippen molar-refractivity contribution >= 4 is 29.3 Å². The molecule has 23 heavy (non-hydrogen) atoms. The molecule has 2 rings (SSSR count). The number of hydrogen-bond acceptors (Lipinski definition) is 3. The van der Waals surface area contributed by atoms with Gasteiger partial charge in [0, 0.05) is 10.6 Å². The fourth-order valence-corrected chi connectivity index (χ4v) is 2.63. The van der Waals surface area contributed by atoms with Gasteiger partial charge in [-0.15, -0.1) is 0 Å². The van der Waals surface area contributed by atoms with E-state index in [1.54, 1.807) is 31.2 Å². The van der Waals surface area contributed by atoms with Crippen LogP contribution in [-0.4, -0.2) is 34.7 Å². The Morgan fingerprint density at radius 1 is 1.26 bits per heavy atom. The molecule has 1 aromatic rings. The van der Waals surface area contributed by atoms with Crippen LogP contribution in [0.2, 0.25) is 5.02 Å². The van der Waals surface area contributed by atoms with Gasteiger partial charge in [0.05, 0.1) is 6.54 Å². The number of imide groups is 1. The topological polar surface area (TPSA) is 66.5 Å². The number of carbonyl (C=O) groups excluding carboxylic acids is 3. The van der Waals surface area contributed by atoms with Gasteiger partial charge >= 0.3 is 6.03 Å². The number of hydrogen-bond donors (Lipinski definition) is 1. The molecule has 0 bridgehead atoms. The SMILES string of the molecule is CC(C)CC[C@@]1(C)NC(=O)N(CC(=O)c2ccc(Cl)cc2)C1=O. The van der Waals surface area contributed by atoms with Crippen molar-refractivity contribution < 1.29 is 14.4 Å². The summed E-state index contributed by atoms with van der Waals surface area (Å²) in [6.45, 7) is 5.57. The van der Waals surface area contributed by atoms with Crippen LogP contribution < -0.4 is 5.32 Å². The quantitative estimate of drug-likeness (QED) is 0.640. The molecule has 3 amide bonds. The molecule has 1 saturated heterocycles. The average molecular weight is 337 g/mol. The molecule has 1 aliphatic heterocycles. The first-order chi connectivity index (χ1) is 10.7.